The van der Waals surface area contributed by atoms with Crippen LogP contribution in [0.1, 0.15) is 25.5 Å². The van der Waals surface area contributed by atoms with Crippen molar-refractivity contribution in [1.82, 2.24) is 5.16 Å². The van der Waals surface area contributed by atoms with Crippen LogP contribution in [0.2, 0.25) is 15.1 Å². The first-order valence-electron chi connectivity index (χ1n) is 7.84. The Morgan fingerprint density at radius 1 is 1.12 bits per heavy atom. The molecule has 3 aromatic rings. The Balaban J connectivity index is 1.80. The van der Waals surface area contributed by atoms with E-state index in [2.05, 4.69) is 5.16 Å². The van der Waals surface area contributed by atoms with Gasteiger partial charge in [-0.2, -0.15) is 0 Å². The summed E-state index contributed by atoms with van der Waals surface area (Å²) in [4.78, 5) is 0. The lowest BCUT2D eigenvalue weighted by atomic mass is 9.88. The summed E-state index contributed by atoms with van der Waals surface area (Å²) in [6.45, 7) is 3.53. The number of nitrogens with zero attached hydrogens (tertiary/aromatic N) is 1. The molecule has 2 aromatic carbocycles. The van der Waals surface area contributed by atoms with Crippen molar-refractivity contribution in [2.45, 2.75) is 31.7 Å². The topological polar surface area (TPSA) is 64.7 Å². The smallest absolute Gasteiger partial charge is 0.262 e. The minimum atomic E-state index is -0.980. The number of hydrogen-bond donors (Lipinski definition) is 1. The maximum Gasteiger partial charge on any atom is 0.262 e. The molecule has 1 aliphatic rings. The average molecular weight is 415 g/mol. The zero-order valence-corrected chi connectivity index (χ0v) is 16.1. The molecule has 2 heterocycles. The molecule has 0 spiro atoms. The molecule has 0 bridgehead atoms. The van der Waals surface area contributed by atoms with Gasteiger partial charge in [-0.1, -0.05) is 34.8 Å². The first-order chi connectivity index (χ1) is 12.3. The monoisotopic (exact) mass is 413 g/mol. The van der Waals surface area contributed by atoms with Gasteiger partial charge >= 0.3 is 0 Å². The summed E-state index contributed by atoms with van der Waals surface area (Å²) in [5.41, 5.74) is 0.163. The summed E-state index contributed by atoms with van der Waals surface area (Å²) < 4.78 is 17.2. The third-order valence-electron chi connectivity index (χ3n) is 4.37. The second kappa shape index (κ2) is 6.20. The Kier molecular flexibility index (Phi) is 4.23. The van der Waals surface area contributed by atoms with Gasteiger partial charge in [0.05, 0.1) is 15.4 Å². The lowest BCUT2D eigenvalue weighted by Gasteiger charge is -2.41. The minimum absolute atomic E-state index is 0.246. The number of aliphatic hydroxyl groups excluding tert-OH is 1. The number of aliphatic hydroxyl groups is 1. The van der Waals surface area contributed by atoms with Gasteiger partial charge in [0.15, 0.2) is 11.7 Å². The second-order valence-electron chi connectivity index (χ2n) is 6.62. The standard InChI is InChI=1S/C18H14Cl3NO4/c1-18(2)16(23)15(10-6-11(20)12(21)7-13(10)25-18)24-17-9-4-3-8(19)5-14(9)26-22-17/h3-7,15-16,23H,1-2H3/t15?,16-/m0/s1. The third-order valence-corrected chi connectivity index (χ3v) is 5.33. The van der Waals surface area contributed by atoms with Gasteiger partial charge in [0, 0.05) is 22.7 Å². The Morgan fingerprint density at radius 2 is 1.85 bits per heavy atom. The van der Waals surface area contributed by atoms with Crippen molar-refractivity contribution in [1.29, 1.82) is 0 Å². The largest absolute Gasteiger partial charge is 0.485 e. The summed E-state index contributed by atoms with van der Waals surface area (Å²) in [6, 6.07) is 8.34. The highest BCUT2D eigenvalue weighted by Gasteiger charge is 2.45. The van der Waals surface area contributed by atoms with E-state index in [-0.39, 0.29) is 5.88 Å². The van der Waals surface area contributed by atoms with E-state index in [1.165, 1.54) is 0 Å². The quantitative estimate of drug-likeness (QED) is 0.605. The van der Waals surface area contributed by atoms with Gasteiger partial charge in [0.25, 0.3) is 5.88 Å². The van der Waals surface area contributed by atoms with E-state index >= 15 is 0 Å². The molecule has 0 fully saturated rings. The van der Waals surface area contributed by atoms with Gasteiger partial charge < -0.3 is 19.1 Å². The van der Waals surface area contributed by atoms with E-state index in [0.717, 1.165) is 0 Å². The predicted octanol–water partition coefficient (Wildman–Crippen LogP) is 5.44. The second-order valence-corrected chi connectivity index (χ2v) is 7.87. The number of halogens is 3. The molecule has 26 heavy (non-hydrogen) atoms. The lowest BCUT2D eigenvalue weighted by molar-refractivity contribution is -0.104. The van der Waals surface area contributed by atoms with Crippen LogP contribution in [0.3, 0.4) is 0 Å². The minimum Gasteiger partial charge on any atom is -0.485 e. The van der Waals surface area contributed by atoms with Gasteiger partial charge in [0.1, 0.15) is 17.5 Å². The highest BCUT2D eigenvalue weighted by atomic mass is 35.5. The van der Waals surface area contributed by atoms with Crippen LogP contribution in [-0.4, -0.2) is 22.0 Å². The summed E-state index contributed by atoms with van der Waals surface area (Å²) in [5, 5.41) is 16.6. The van der Waals surface area contributed by atoms with Crippen molar-refractivity contribution in [3.63, 3.8) is 0 Å². The summed E-state index contributed by atoms with van der Waals surface area (Å²) in [5.74, 6) is 0.742. The molecule has 2 atom stereocenters. The molecule has 4 rings (SSSR count). The van der Waals surface area contributed by atoms with Crippen LogP contribution >= 0.6 is 34.8 Å². The summed E-state index contributed by atoms with van der Waals surface area (Å²) >= 11 is 18.2. The Hall–Kier alpha value is -1.66. The molecule has 5 nitrogen and oxygen atoms in total. The molecule has 0 aliphatic carbocycles. The van der Waals surface area contributed by atoms with Crippen LogP contribution in [0.4, 0.5) is 0 Å². The predicted molar refractivity (Wildman–Crippen MR) is 99.6 cm³/mol. The number of fused-ring (bicyclic) bond motifs is 2. The van der Waals surface area contributed by atoms with Crippen molar-refractivity contribution in [3.8, 4) is 11.6 Å². The van der Waals surface area contributed by atoms with Crippen LogP contribution < -0.4 is 9.47 Å². The van der Waals surface area contributed by atoms with Crippen molar-refractivity contribution in [2.75, 3.05) is 0 Å². The van der Waals surface area contributed by atoms with Crippen LogP contribution in [0.25, 0.3) is 11.0 Å². The van der Waals surface area contributed by atoms with E-state index in [0.29, 0.717) is 37.4 Å². The molecule has 1 N–H and O–H groups in total. The van der Waals surface area contributed by atoms with E-state index in [1.54, 1.807) is 44.2 Å². The zero-order chi connectivity index (χ0) is 18.6. The van der Waals surface area contributed by atoms with Crippen molar-refractivity contribution >= 4 is 45.8 Å². The molecule has 0 saturated heterocycles. The Morgan fingerprint density at radius 3 is 2.62 bits per heavy atom. The third kappa shape index (κ3) is 2.89. The van der Waals surface area contributed by atoms with Crippen LogP contribution in [-0.2, 0) is 0 Å². The van der Waals surface area contributed by atoms with E-state index < -0.39 is 17.8 Å². The SMILES string of the molecule is CC1(C)Oc2cc(Cl)c(Cl)cc2C(Oc2noc3cc(Cl)ccc23)[C@@H]1O. The first-order valence-corrected chi connectivity index (χ1v) is 8.97. The molecule has 1 aliphatic heterocycles. The Bertz CT molecular complexity index is 1000. The van der Waals surface area contributed by atoms with E-state index in [4.69, 9.17) is 48.8 Å². The molecule has 0 radical (unpaired) electrons. The van der Waals surface area contributed by atoms with Crippen LogP contribution in [0.5, 0.6) is 11.6 Å². The zero-order valence-electron chi connectivity index (χ0n) is 13.8. The first kappa shape index (κ1) is 17.7. The van der Waals surface area contributed by atoms with Crippen molar-refractivity contribution < 1.29 is 19.1 Å². The van der Waals surface area contributed by atoms with Crippen LogP contribution in [0, 0.1) is 0 Å². The van der Waals surface area contributed by atoms with E-state index in [9.17, 15) is 5.11 Å². The maximum atomic E-state index is 10.8. The average Bonchev–Trinajstić information content (AvgIpc) is 2.96. The Labute approximate surface area is 164 Å². The number of hydrogen-bond acceptors (Lipinski definition) is 5. The van der Waals surface area contributed by atoms with Gasteiger partial charge in [0.2, 0.25) is 0 Å². The number of rotatable bonds is 2. The van der Waals surface area contributed by atoms with Gasteiger partial charge in [-0.3, -0.25) is 0 Å². The maximum absolute atomic E-state index is 10.8. The highest BCUT2D eigenvalue weighted by molar-refractivity contribution is 6.42. The van der Waals surface area contributed by atoms with Crippen LogP contribution in [0.15, 0.2) is 34.9 Å². The normalized spacial score (nSPS) is 21.3. The molecular weight excluding hydrogens is 401 g/mol. The van der Waals surface area contributed by atoms with Gasteiger partial charge in [-0.25, -0.2) is 0 Å². The molecule has 1 unspecified atom stereocenters. The fourth-order valence-corrected chi connectivity index (χ4v) is 3.44. The van der Waals surface area contributed by atoms with Gasteiger partial charge in [-0.15, -0.1) is 0 Å². The summed E-state index contributed by atoms with van der Waals surface area (Å²) in [6.07, 6.45) is -1.75. The fourth-order valence-electron chi connectivity index (χ4n) is 2.95. The number of ether oxygens (including phenoxy) is 2. The highest BCUT2D eigenvalue weighted by Crippen LogP contribution is 2.45. The molecule has 136 valence electrons. The molecule has 0 saturated carbocycles. The summed E-state index contributed by atoms with van der Waals surface area (Å²) in [7, 11) is 0. The molecule has 8 heteroatoms. The van der Waals surface area contributed by atoms with Gasteiger partial charge in [-0.05, 0) is 37.2 Å². The number of benzene rings is 2. The van der Waals surface area contributed by atoms with Crippen molar-refractivity contribution in [2.24, 2.45) is 0 Å². The molecule has 1 aromatic heterocycles. The fraction of sp³-hybridized carbons (Fsp3) is 0.278. The lowest BCUT2D eigenvalue weighted by Crippen LogP contribution is -2.50. The van der Waals surface area contributed by atoms with Crippen molar-refractivity contribution in [3.05, 3.63) is 51.0 Å². The molecular formula is C18H14Cl3NO4. The van der Waals surface area contributed by atoms with E-state index in [1.807, 2.05) is 0 Å². The molecule has 0 amide bonds. The number of aromatic nitrogens is 1.